The van der Waals surface area contributed by atoms with E-state index >= 15 is 0 Å². The molecule has 0 spiro atoms. The highest BCUT2D eigenvalue weighted by Gasteiger charge is 2.62. The lowest BCUT2D eigenvalue weighted by atomic mass is 9.88. The Morgan fingerprint density at radius 3 is 1.43 bits per heavy atom. The molecule has 0 unspecified atom stereocenters. The molecule has 4 rings (SSSR count). The summed E-state index contributed by atoms with van der Waals surface area (Å²) in [7, 11) is 0. The Bertz CT molecular complexity index is 1570. The summed E-state index contributed by atoms with van der Waals surface area (Å²) >= 11 is 0. The first-order chi connectivity index (χ1) is 29.4. The molecule has 4 fully saturated rings. The molecule has 2 amide bonds. The van der Waals surface area contributed by atoms with Crippen LogP contribution in [0.15, 0.2) is 0 Å². The number of aliphatic hydroxyl groups excluding tert-OH is 14. The van der Waals surface area contributed by atoms with Crippen LogP contribution in [0.5, 0.6) is 0 Å². The molecule has 0 aliphatic carbocycles. The van der Waals surface area contributed by atoms with Gasteiger partial charge in [-0.2, -0.15) is 0 Å². The summed E-state index contributed by atoms with van der Waals surface area (Å²) in [5.41, 5.74) is 0. The molecule has 4 heterocycles. The van der Waals surface area contributed by atoms with Gasteiger partial charge in [0.1, 0.15) is 85.5 Å². The molecule has 22 atom stereocenters. The summed E-state index contributed by atoms with van der Waals surface area (Å²) in [5.74, 6) is -12.3. The molecule has 4 aliphatic heterocycles. The van der Waals surface area contributed by atoms with Gasteiger partial charge >= 0.3 is 11.9 Å². The molecule has 63 heavy (non-hydrogen) atoms. The van der Waals surface area contributed by atoms with Gasteiger partial charge in [-0.25, -0.2) is 9.59 Å². The molecule has 4 aliphatic rings. The van der Waals surface area contributed by atoms with E-state index in [1.807, 2.05) is 0 Å². The van der Waals surface area contributed by atoms with E-state index in [4.69, 9.17) is 33.2 Å². The lowest BCUT2D eigenvalue weighted by Gasteiger charge is -2.52. The van der Waals surface area contributed by atoms with E-state index in [1.54, 1.807) is 0 Å². The number of amides is 2. The van der Waals surface area contributed by atoms with Crippen molar-refractivity contribution in [3.05, 3.63) is 0 Å². The van der Waals surface area contributed by atoms with Crippen LogP contribution in [0.3, 0.4) is 0 Å². The Balaban J connectivity index is 1.74. The van der Waals surface area contributed by atoms with Crippen LogP contribution in [0.4, 0.5) is 0 Å². The first-order valence-electron chi connectivity index (χ1n) is 19.4. The summed E-state index contributed by atoms with van der Waals surface area (Å²) in [4.78, 5) is 49.8. The van der Waals surface area contributed by atoms with Gasteiger partial charge in [-0.3, -0.25) is 9.59 Å². The SMILES string of the molecule is CC(=O)N[C@H]1[C@H]([C@H](O)[C@H](O)CO)O[C@@](O[C@H]2[C@@H](O)[C@@H](CO)O[C@@H](O[C@H]3[C@H](O[C@]4(C(=O)O)C[C@H](O)[C@@H](NC(C)=O)[C@H]([C@H](O)[C@H](O)CO)O4)[C@@H](O)[C@H](O)O[C@@H]3CO)[C@@H]2O)(C(=O)O)C[C@@H]1O. The highest BCUT2D eigenvalue weighted by Crippen LogP contribution is 2.41. The normalized spacial score (nSPS) is 42.9. The summed E-state index contributed by atoms with van der Waals surface area (Å²) in [6.45, 7) is -2.66. The number of hydrogen-bond acceptors (Lipinski definition) is 25. The number of aliphatic hydroxyl groups is 14. The number of carbonyl (C=O) groups excluding carboxylic acids is 2. The van der Waals surface area contributed by atoms with Crippen molar-refractivity contribution in [3.8, 4) is 0 Å². The predicted molar refractivity (Wildman–Crippen MR) is 191 cm³/mol. The Morgan fingerprint density at radius 2 is 1.05 bits per heavy atom. The van der Waals surface area contributed by atoms with E-state index in [1.165, 1.54) is 0 Å². The molecular weight excluding hydrogens is 868 g/mol. The van der Waals surface area contributed by atoms with Crippen LogP contribution >= 0.6 is 0 Å². The molecule has 4 saturated heterocycles. The number of rotatable bonds is 18. The molecule has 29 heteroatoms. The van der Waals surface area contributed by atoms with Crippen LogP contribution in [0.25, 0.3) is 0 Å². The summed E-state index contributed by atoms with van der Waals surface area (Å²) in [5, 5.41) is 173. The second-order valence-electron chi connectivity index (χ2n) is 15.5. The van der Waals surface area contributed by atoms with Gasteiger partial charge in [0.05, 0.1) is 50.7 Å². The van der Waals surface area contributed by atoms with Crippen molar-refractivity contribution in [3.63, 3.8) is 0 Å². The lowest BCUT2D eigenvalue weighted by molar-refractivity contribution is -0.400. The van der Waals surface area contributed by atoms with Crippen LogP contribution in [-0.2, 0) is 52.3 Å². The van der Waals surface area contributed by atoms with E-state index in [2.05, 4.69) is 10.6 Å². The Kier molecular flexibility index (Phi) is 18.0. The van der Waals surface area contributed by atoms with Crippen molar-refractivity contribution in [1.29, 1.82) is 0 Å². The third-order valence-corrected chi connectivity index (χ3v) is 11.0. The van der Waals surface area contributed by atoms with Gasteiger partial charge in [-0.15, -0.1) is 0 Å². The smallest absolute Gasteiger partial charge is 0.364 e. The summed E-state index contributed by atoms with van der Waals surface area (Å²) in [6.07, 6.45) is -41.6. The molecule has 0 aromatic heterocycles. The zero-order valence-electron chi connectivity index (χ0n) is 33.4. The maximum absolute atomic E-state index is 13.0. The molecule has 0 aromatic rings. The van der Waals surface area contributed by atoms with Gasteiger partial charge in [-0.05, 0) is 0 Å². The highest BCUT2D eigenvalue weighted by atomic mass is 16.8. The zero-order chi connectivity index (χ0) is 47.5. The van der Waals surface area contributed by atoms with Crippen LogP contribution in [0.2, 0.25) is 0 Å². The fraction of sp³-hybridized carbons (Fsp3) is 0.882. The van der Waals surface area contributed by atoms with Crippen LogP contribution < -0.4 is 10.6 Å². The van der Waals surface area contributed by atoms with E-state index in [-0.39, 0.29) is 0 Å². The van der Waals surface area contributed by atoms with Gasteiger partial charge in [-0.1, -0.05) is 0 Å². The maximum atomic E-state index is 13.0. The summed E-state index contributed by atoms with van der Waals surface area (Å²) in [6, 6.07) is -3.35. The molecule has 364 valence electrons. The quantitative estimate of drug-likeness (QED) is 0.0607. The second-order valence-corrected chi connectivity index (χ2v) is 15.5. The van der Waals surface area contributed by atoms with Crippen molar-refractivity contribution in [1.82, 2.24) is 10.6 Å². The van der Waals surface area contributed by atoms with Gasteiger partial charge in [0, 0.05) is 26.7 Å². The fourth-order valence-electron chi connectivity index (χ4n) is 7.75. The number of hydrogen-bond donors (Lipinski definition) is 18. The largest absolute Gasteiger partial charge is 0.477 e. The van der Waals surface area contributed by atoms with Gasteiger partial charge in [0.25, 0.3) is 11.6 Å². The zero-order valence-corrected chi connectivity index (χ0v) is 33.4. The lowest BCUT2D eigenvalue weighted by Crippen LogP contribution is -2.71. The maximum Gasteiger partial charge on any atom is 0.364 e. The Hall–Kier alpha value is -2.96. The van der Waals surface area contributed by atoms with Crippen LogP contribution in [-0.4, -0.2) is 266 Å². The molecule has 18 N–H and O–H groups in total. The monoisotopic (exact) mass is 924 g/mol. The molecule has 0 bridgehead atoms. The topological polar surface area (TPSA) is 481 Å². The van der Waals surface area contributed by atoms with Gasteiger partial charge in [0.2, 0.25) is 11.8 Å². The molecule has 0 radical (unpaired) electrons. The fourth-order valence-corrected chi connectivity index (χ4v) is 7.75. The average molecular weight is 925 g/mol. The number of ether oxygens (including phenoxy) is 7. The first-order valence-corrected chi connectivity index (χ1v) is 19.4. The van der Waals surface area contributed by atoms with Crippen LogP contribution in [0.1, 0.15) is 26.7 Å². The van der Waals surface area contributed by atoms with E-state index < -0.39 is 197 Å². The second kappa shape index (κ2) is 21.6. The number of carboxylic acid groups (broad SMARTS) is 2. The van der Waals surface area contributed by atoms with Crippen molar-refractivity contribution >= 4 is 23.8 Å². The molecule has 0 aromatic carbocycles. The minimum atomic E-state index is -3.24. The number of carboxylic acids is 2. The minimum Gasteiger partial charge on any atom is -0.477 e. The van der Waals surface area contributed by atoms with Crippen LogP contribution in [0, 0.1) is 0 Å². The van der Waals surface area contributed by atoms with Crippen molar-refractivity contribution in [2.45, 2.75) is 161 Å². The number of aliphatic carboxylic acids is 2. The predicted octanol–water partition coefficient (Wildman–Crippen LogP) is -11.0. The Labute approximate surface area is 355 Å². The third kappa shape index (κ3) is 11.2. The number of carbonyl (C=O) groups is 4. The molecule has 0 saturated carbocycles. The first kappa shape index (κ1) is 52.7. The van der Waals surface area contributed by atoms with Gasteiger partial charge in [0.15, 0.2) is 12.6 Å². The third-order valence-electron chi connectivity index (χ3n) is 11.0. The molecular formula is C34H56N2O27. The average Bonchev–Trinajstić information content (AvgIpc) is 3.22. The van der Waals surface area contributed by atoms with E-state index in [0.717, 1.165) is 13.8 Å². The van der Waals surface area contributed by atoms with E-state index in [0.29, 0.717) is 0 Å². The standard InChI is InChI=1S/C34H56N2O27/c1-9(41)35-17-11(43)3-33(31(53)54,60-25(17)19(47)13(45)5-37)62-27-21(49)15(7-39)58-30(23(27)51)59-24-16(8-40)57-29(52)22(50)28(24)63-34(32(55)56)4-12(44)18(36-10(2)42)26(61-34)20(48)14(46)6-38/h11-30,37-40,43-52H,3-8H2,1-2H3,(H,35,41)(H,36,42)(H,53,54)(H,55,56)/t11-,12-,13+,14+,15+,16+,17+,18+,19+,20+,21-,22+,23+,24+,25+,26+,27-,28+,29+,30-,33-,34-/m0/s1. The highest BCUT2D eigenvalue weighted by molar-refractivity contribution is 5.77. The Morgan fingerprint density at radius 1 is 0.619 bits per heavy atom. The van der Waals surface area contributed by atoms with E-state index in [9.17, 15) is 101 Å². The summed E-state index contributed by atoms with van der Waals surface area (Å²) < 4.78 is 39.0. The van der Waals surface area contributed by atoms with Crippen molar-refractivity contribution in [2.75, 3.05) is 26.4 Å². The van der Waals surface area contributed by atoms with Gasteiger partial charge < -0.3 is 125 Å². The number of nitrogens with one attached hydrogen (secondary N) is 2. The van der Waals surface area contributed by atoms with Crippen molar-refractivity contribution < 1.29 is 134 Å². The van der Waals surface area contributed by atoms with Crippen molar-refractivity contribution in [2.24, 2.45) is 0 Å². The minimum absolute atomic E-state index is 0.830. The molecule has 29 nitrogen and oxygen atoms in total.